The van der Waals surface area contributed by atoms with Crippen LogP contribution in [0.5, 0.6) is 11.5 Å². The van der Waals surface area contributed by atoms with E-state index in [-0.39, 0.29) is 23.1 Å². The molecule has 0 radical (unpaired) electrons. The van der Waals surface area contributed by atoms with Crippen molar-refractivity contribution in [3.63, 3.8) is 0 Å². The van der Waals surface area contributed by atoms with Gasteiger partial charge in [-0.05, 0) is 47.9 Å². The quantitative estimate of drug-likeness (QED) is 0.268. The van der Waals surface area contributed by atoms with E-state index in [1.807, 2.05) is 72.6 Å². The molecule has 0 aliphatic carbocycles. The maximum absolute atomic E-state index is 12.8. The first-order valence-electron chi connectivity index (χ1n) is 11.0. The summed E-state index contributed by atoms with van der Waals surface area (Å²) in [4.78, 5) is 19.9. The number of hydrogen-bond acceptors (Lipinski definition) is 7. The van der Waals surface area contributed by atoms with Crippen LogP contribution in [0.25, 0.3) is 21.6 Å². The van der Waals surface area contributed by atoms with E-state index in [1.54, 1.807) is 20.1 Å². The molecule has 0 bridgehead atoms. The Morgan fingerprint density at radius 2 is 1.80 bits per heavy atom. The van der Waals surface area contributed by atoms with Crippen molar-refractivity contribution in [3.05, 3.63) is 83.0 Å². The number of anilines is 1. The molecule has 0 amide bonds. The Balaban J connectivity index is 1.79. The fraction of sp³-hybridized carbons (Fsp3) is 0.185. The van der Waals surface area contributed by atoms with Crippen LogP contribution in [0, 0.1) is 0 Å². The van der Waals surface area contributed by atoms with Gasteiger partial charge in [-0.3, -0.25) is 0 Å². The number of benzene rings is 3. The minimum Gasteiger partial charge on any atom is -0.507 e. The molecule has 0 saturated carbocycles. The van der Waals surface area contributed by atoms with Crippen LogP contribution in [0.2, 0.25) is 5.15 Å². The Morgan fingerprint density at radius 1 is 1.09 bits per heavy atom. The lowest BCUT2D eigenvalue weighted by molar-refractivity contribution is 0.0524. The number of aromatic hydroxyl groups is 1. The minimum absolute atomic E-state index is 0.0620. The number of ether oxygens (including phenoxy) is 2. The Bertz CT molecular complexity index is 1320. The number of methoxy groups -OCH3 is 1. The molecule has 0 unspecified atom stereocenters. The third-order valence-corrected chi connectivity index (χ3v) is 7.02. The van der Waals surface area contributed by atoms with E-state index in [0.29, 0.717) is 22.1 Å². The van der Waals surface area contributed by atoms with Crippen LogP contribution in [0.1, 0.15) is 22.8 Å². The summed E-state index contributed by atoms with van der Waals surface area (Å²) in [5.74, 6) is -0.0849. The fourth-order valence-corrected chi connectivity index (χ4v) is 5.01. The summed E-state index contributed by atoms with van der Waals surface area (Å²) < 4.78 is 10.5. The van der Waals surface area contributed by atoms with E-state index in [9.17, 15) is 9.90 Å². The van der Waals surface area contributed by atoms with Crippen LogP contribution < -0.4 is 9.64 Å². The lowest BCUT2D eigenvalue weighted by atomic mass is 9.97. The summed E-state index contributed by atoms with van der Waals surface area (Å²) in [6.07, 6.45) is 0. The number of hydrogen-bond donors (Lipinski definition) is 1. The van der Waals surface area contributed by atoms with E-state index in [1.165, 1.54) is 11.3 Å². The molecule has 0 fully saturated rings. The van der Waals surface area contributed by atoms with Crippen LogP contribution in [0.3, 0.4) is 0 Å². The van der Waals surface area contributed by atoms with Crippen molar-refractivity contribution in [3.8, 4) is 33.1 Å². The third kappa shape index (κ3) is 5.42. The Morgan fingerprint density at radius 3 is 2.46 bits per heavy atom. The lowest BCUT2D eigenvalue weighted by Gasteiger charge is -2.15. The van der Waals surface area contributed by atoms with Crippen LogP contribution in [0.4, 0.5) is 5.13 Å². The van der Waals surface area contributed by atoms with E-state index >= 15 is 0 Å². The first-order valence-corrected chi connectivity index (χ1v) is 12.2. The maximum atomic E-state index is 12.8. The lowest BCUT2D eigenvalue weighted by Crippen LogP contribution is -2.15. The molecule has 8 heteroatoms. The maximum Gasteiger partial charge on any atom is 0.342 e. The van der Waals surface area contributed by atoms with Gasteiger partial charge < -0.3 is 19.5 Å². The summed E-state index contributed by atoms with van der Waals surface area (Å²) in [5, 5.41) is 11.8. The molecule has 1 aromatic heterocycles. The van der Waals surface area contributed by atoms with Gasteiger partial charge in [0.05, 0.1) is 18.6 Å². The predicted octanol–water partition coefficient (Wildman–Crippen LogP) is 6.66. The normalized spacial score (nSPS) is 10.7. The van der Waals surface area contributed by atoms with Crippen molar-refractivity contribution < 1.29 is 19.4 Å². The second-order valence-electron chi connectivity index (χ2n) is 7.82. The number of halogens is 1. The summed E-state index contributed by atoms with van der Waals surface area (Å²) in [7, 11) is 3.54. The van der Waals surface area contributed by atoms with Gasteiger partial charge in [-0.15, -0.1) is 0 Å². The number of thiazole rings is 1. The van der Waals surface area contributed by atoms with Gasteiger partial charge in [0.2, 0.25) is 0 Å². The van der Waals surface area contributed by atoms with Gasteiger partial charge in [0.1, 0.15) is 22.2 Å². The van der Waals surface area contributed by atoms with E-state index < -0.39 is 5.97 Å². The first-order chi connectivity index (χ1) is 16.9. The molecule has 1 N–H and O–H groups in total. The zero-order valence-corrected chi connectivity index (χ0v) is 21.2. The predicted molar refractivity (Wildman–Crippen MR) is 141 cm³/mol. The molecular formula is C27H25ClN2O4S. The standard InChI is InChI=1S/C27H25ClN2O4S/c1-4-34-26(32)23-21(14-19(15-22(23)31)18-10-12-20(33-3)13-11-18)24-25(28)29-27(35-24)30(2)16-17-8-6-5-7-9-17/h5-15,31H,4,16H2,1-3H3. The monoisotopic (exact) mass is 508 g/mol. The highest BCUT2D eigenvalue weighted by Gasteiger charge is 2.25. The molecule has 0 atom stereocenters. The number of nitrogens with zero attached hydrogens (tertiary/aromatic N) is 2. The minimum atomic E-state index is -0.620. The number of aromatic nitrogens is 1. The number of phenols is 1. The van der Waals surface area contributed by atoms with Crippen LogP contribution in [-0.4, -0.2) is 36.8 Å². The highest BCUT2D eigenvalue weighted by Crippen LogP contribution is 2.44. The van der Waals surface area contributed by atoms with E-state index in [4.69, 9.17) is 21.1 Å². The van der Waals surface area contributed by atoms with Crippen LogP contribution in [0.15, 0.2) is 66.7 Å². The molecule has 3 aromatic carbocycles. The van der Waals surface area contributed by atoms with Gasteiger partial charge in [-0.2, -0.15) is 0 Å². The van der Waals surface area contributed by atoms with E-state index in [2.05, 4.69) is 4.98 Å². The third-order valence-electron chi connectivity index (χ3n) is 5.43. The van der Waals surface area contributed by atoms with Crippen molar-refractivity contribution in [2.45, 2.75) is 13.5 Å². The van der Waals surface area contributed by atoms with Gasteiger partial charge in [0.25, 0.3) is 0 Å². The van der Waals surface area contributed by atoms with Crippen molar-refractivity contribution >= 4 is 34.0 Å². The first kappa shape index (κ1) is 24.6. The van der Waals surface area contributed by atoms with Crippen molar-refractivity contribution in [2.75, 3.05) is 25.7 Å². The fourth-order valence-electron chi connectivity index (χ4n) is 3.72. The van der Waals surface area contributed by atoms with Crippen LogP contribution >= 0.6 is 22.9 Å². The molecule has 4 aromatic rings. The second kappa shape index (κ2) is 10.8. The zero-order valence-electron chi connectivity index (χ0n) is 19.6. The van der Waals surface area contributed by atoms with Gasteiger partial charge >= 0.3 is 5.97 Å². The second-order valence-corrected chi connectivity index (χ2v) is 9.16. The largest absolute Gasteiger partial charge is 0.507 e. The summed E-state index contributed by atoms with van der Waals surface area (Å²) in [5.41, 5.74) is 3.23. The average Bonchev–Trinajstić information content (AvgIpc) is 3.26. The number of phenolic OH excluding ortho intramolecular Hbond substituents is 1. The van der Waals surface area contributed by atoms with Gasteiger partial charge in [0, 0.05) is 19.2 Å². The average molecular weight is 509 g/mol. The molecular weight excluding hydrogens is 484 g/mol. The molecule has 6 nitrogen and oxygen atoms in total. The summed E-state index contributed by atoms with van der Waals surface area (Å²) in [6.45, 7) is 2.54. The Labute approximate surface area is 213 Å². The number of carbonyl (C=O) groups is 1. The molecule has 0 aliphatic rings. The zero-order chi connectivity index (χ0) is 24.9. The Hall–Kier alpha value is -3.55. The molecule has 0 spiro atoms. The van der Waals surface area contributed by atoms with Gasteiger partial charge in [0.15, 0.2) is 5.13 Å². The summed E-state index contributed by atoms with van der Waals surface area (Å²) in [6, 6.07) is 20.9. The van der Waals surface area contributed by atoms with E-state index in [0.717, 1.165) is 22.4 Å². The SMILES string of the molecule is CCOC(=O)c1c(O)cc(-c2ccc(OC)cc2)cc1-c1sc(N(C)Cc2ccccc2)nc1Cl. The highest BCUT2D eigenvalue weighted by atomic mass is 35.5. The number of rotatable bonds is 8. The molecule has 0 saturated heterocycles. The van der Waals surface area contributed by atoms with Crippen LogP contribution in [-0.2, 0) is 11.3 Å². The van der Waals surface area contributed by atoms with Gasteiger partial charge in [-0.25, -0.2) is 9.78 Å². The smallest absolute Gasteiger partial charge is 0.342 e. The molecule has 35 heavy (non-hydrogen) atoms. The number of carbonyl (C=O) groups excluding carboxylic acids is 1. The highest BCUT2D eigenvalue weighted by molar-refractivity contribution is 7.19. The molecule has 1 heterocycles. The van der Waals surface area contributed by atoms with Crippen molar-refractivity contribution in [2.24, 2.45) is 0 Å². The Kier molecular flexibility index (Phi) is 7.58. The topological polar surface area (TPSA) is 71.9 Å². The molecule has 180 valence electrons. The molecule has 4 rings (SSSR count). The number of esters is 1. The van der Waals surface area contributed by atoms with Crippen molar-refractivity contribution in [1.82, 2.24) is 4.98 Å². The van der Waals surface area contributed by atoms with Gasteiger partial charge in [-0.1, -0.05) is 65.4 Å². The molecule has 0 aliphatic heterocycles. The van der Waals surface area contributed by atoms with Crippen molar-refractivity contribution in [1.29, 1.82) is 0 Å². The summed E-state index contributed by atoms with van der Waals surface area (Å²) >= 11 is 7.95.